The van der Waals surface area contributed by atoms with Crippen LogP contribution in [0, 0.1) is 12.3 Å². The van der Waals surface area contributed by atoms with Crippen molar-refractivity contribution in [2.75, 3.05) is 13.7 Å². The summed E-state index contributed by atoms with van der Waals surface area (Å²) in [6, 6.07) is 4.72. The Morgan fingerprint density at radius 3 is 2.86 bits per heavy atom. The molecular weight excluding hydrogens is 282 g/mol. The second-order valence-corrected chi connectivity index (χ2v) is 5.29. The van der Waals surface area contributed by atoms with E-state index in [9.17, 15) is 9.90 Å². The largest absolute Gasteiger partial charge is 0.493 e. The monoisotopic (exact) mass is 303 g/mol. The van der Waals surface area contributed by atoms with Crippen molar-refractivity contribution in [1.29, 1.82) is 0 Å². The molecule has 0 aliphatic heterocycles. The van der Waals surface area contributed by atoms with E-state index in [2.05, 4.69) is 11.2 Å². The minimum Gasteiger partial charge on any atom is -0.493 e. The molecule has 22 heavy (non-hydrogen) atoms. The molecule has 1 aliphatic rings. The van der Waals surface area contributed by atoms with Gasteiger partial charge in [0.1, 0.15) is 6.61 Å². The van der Waals surface area contributed by atoms with Gasteiger partial charge in [-0.1, -0.05) is 18.8 Å². The number of benzene rings is 1. The van der Waals surface area contributed by atoms with E-state index in [0.717, 1.165) is 25.7 Å². The van der Waals surface area contributed by atoms with Gasteiger partial charge in [0, 0.05) is 5.56 Å². The molecule has 0 saturated heterocycles. The Kier molecular flexibility index (Phi) is 5.68. The number of rotatable bonds is 5. The number of hydrogen-bond donors (Lipinski definition) is 2. The lowest BCUT2D eigenvalue weighted by Gasteiger charge is -2.28. The fraction of sp³-hybridized carbons (Fsp3) is 0.471. The summed E-state index contributed by atoms with van der Waals surface area (Å²) < 4.78 is 10.6. The molecule has 2 N–H and O–H groups in total. The van der Waals surface area contributed by atoms with Gasteiger partial charge >= 0.3 is 0 Å². The Balaban J connectivity index is 2.07. The summed E-state index contributed by atoms with van der Waals surface area (Å²) in [4.78, 5) is 12.3. The average Bonchev–Trinajstić information content (AvgIpc) is 2.54. The zero-order valence-electron chi connectivity index (χ0n) is 12.7. The van der Waals surface area contributed by atoms with Crippen molar-refractivity contribution < 1.29 is 19.4 Å². The molecule has 0 heterocycles. The van der Waals surface area contributed by atoms with Crippen LogP contribution in [0.2, 0.25) is 0 Å². The van der Waals surface area contributed by atoms with E-state index in [1.807, 2.05) is 0 Å². The Bertz CT molecular complexity index is 564. The van der Waals surface area contributed by atoms with Crippen LogP contribution in [0.1, 0.15) is 36.0 Å². The van der Waals surface area contributed by atoms with Crippen LogP contribution in [-0.4, -0.2) is 36.9 Å². The van der Waals surface area contributed by atoms with Gasteiger partial charge in [-0.25, -0.2) is 0 Å². The highest BCUT2D eigenvalue weighted by molar-refractivity contribution is 5.95. The molecule has 0 radical (unpaired) electrons. The van der Waals surface area contributed by atoms with E-state index < -0.39 is 6.10 Å². The number of amides is 1. The molecule has 2 rings (SSSR count). The molecule has 1 aliphatic carbocycles. The molecule has 0 aromatic heterocycles. The summed E-state index contributed by atoms with van der Waals surface area (Å²) in [6.07, 6.45) is 8.23. The van der Waals surface area contributed by atoms with Gasteiger partial charge in [-0.15, -0.1) is 6.42 Å². The number of aliphatic hydroxyl groups excluding tert-OH is 1. The van der Waals surface area contributed by atoms with E-state index in [-0.39, 0.29) is 18.6 Å². The maximum absolute atomic E-state index is 12.3. The fourth-order valence-electron chi connectivity index (χ4n) is 2.58. The predicted molar refractivity (Wildman–Crippen MR) is 83.1 cm³/mol. The topological polar surface area (TPSA) is 67.8 Å². The Morgan fingerprint density at radius 2 is 2.18 bits per heavy atom. The first kappa shape index (κ1) is 16.2. The quantitative estimate of drug-likeness (QED) is 0.813. The highest BCUT2D eigenvalue weighted by Crippen LogP contribution is 2.28. The van der Waals surface area contributed by atoms with Crippen molar-refractivity contribution in [3.8, 4) is 23.8 Å². The third kappa shape index (κ3) is 3.92. The molecule has 1 saturated carbocycles. The summed E-state index contributed by atoms with van der Waals surface area (Å²) in [5.41, 5.74) is 0.461. The molecule has 2 atom stereocenters. The van der Waals surface area contributed by atoms with E-state index in [1.165, 1.54) is 7.11 Å². The maximum Gasteiger partial charge on any atom is 0.251 e. The standard InChI is InChI=1S/C17H21NO4/c1-3-10-22-15-9-8-12(11-16(15)21-2)17(20)18-13-6-4-5-7-14(13)19/h1,8-9,11,13-14,19H,4-7,10H2,2H3,(H,18,20)/t13-,14-/m0/s1. The molecular formula is C17H21NO4. The first-order valence-electron chi connectivity index (χ1n) is 7.39. The number of methoxy groups -OCH3 is 1. The lowest BCUT2D eigenvalue weighted by Crippen LogP contribution is -2.45. The third-order valence-corrected chi connectivity index (χ3v) is 3.78. The number of carbonyl (C=O) groups excluding carboxylic acids is 1. The van der Waals surface area contributed by atoms with Crippen LogP contribution in [0.5, 0.6) is 11.5 Å². The van der Waals surface area contributed by atoms with Crippen molar-refractivity contribution in [1.82, 2.24) is 5.32 Å². The highest BCUT2D eigenvalue weighted by atomic mass is 16.5. The summed E-state index contributed by atoms with van der Waals surface area (Å²) in [7, 11) is 1.50. The molecule has 1 amide bonds. The van der Waals surface area contributed by atoms with Crippen LogP contribution >= 0.6 is 0 Å². The summed E-state index contributed by atoms with van der Waals surface area (Å²) in [5.74, 6) is 3.10. The molecule has 0 unspecified atom stereocenters. The Morgan fingerprint density at radius 1 is 1.41 bits per heavy atom. The zero-order valence-corrected chi connectivity index (χ0v) is 12.7. The summed E-state index contributed by atoms with van der Waals surface area (Å²) in [6.45, 7) is 0.135. The molecule has 1 fully saturated rings. The minimum atomic E-state index is -0.474. The second-order valence-electron chi connectivity index (χ2n) is 5.29. The minimum absolute atomic E-state index is 0.135. The Labute approximate surface area is 130 Å². The second kappa shape index (κ2) is 7.71. The van der Waals surface area contributed by atoms with E-state index >= 15 is 0 Å². The first-order valence-corrected chi connectivity index (χ1v) is 7.39. The highest BCUT2D eigenvalue weighted by Gasteiger charge is 2.25. The Hall–Kier alpha value is -2.19. The van der Waals surface area contributed by atoms with Crippen LogP contribution in [-0.2, 0) is 0 Å². The predicted octanol–water partition coefficient (Wildman–Crippen LogP) is 1.74. The van der Waals surface area contributed by atoms with Gasteiger partial charge in [0.05, 0.1) is 19.3 Å². The van der Waals surface area contributed by atoms with Crippen LogP contribution in [0.25, 0.3) is 0 Å². The van der Waals surface area contributed by atoms with Crippen molar-refractivity contribution in [2.45, 2.75) is 37.8 Å². The molecule has 0 bridgehead atoms. The summed E-state index contributed by atoms with van der Waals surface area (Å²) in [5, 5.41) is 12.8. The maximum atomic E-state index is 12.3. The number of nitrogens with one attached hydrogen (secondary N) is 1. The van der Waals surface area contributed by atoms with Crippen LogP contribution < -0.4 is 14.8 Å². The lowest BCUT2D eigenvalue weighted by molar-refractivity contribution is 0.0717. The van der Waals surface area contributed by atoms with Gasteiger partial charge in [-0.3, -0.25) is 4.79 Å². The molecule has 0 spiro atoms. The van der Waals surface area contributed by atoms with Gasteiger partial charge in [-0.05, 0) is 31.0 Å². The molecule has 118 valence electrons. The van der Waals surface area contributed by atoms with Crippen LogP contribution in [0.15, 0.2) is 18.2 Å². The van der Waals surface area contributed by atoms with Crippen LogP contribution in [0.4, 0.5) is 0 Å². The number of hydrogen-bond acceptors (Lipinski definition) is 4. The van der Waals surface area contributed by atoms with Gasteiger partial charge in [0.15, 0.2) is 11.5 Å². The van der Waals surface area contributed by atoms with Gasteiger partial charge < -0.3 is 19.9 Å². The van der Waals surface area contributed by atoms with E-state index in [4.69, 9.17) is 15.9 Å². The van der Waals surface area contributed by atoms with Crippen molar-refractivity contribution in [3.63, 3.8) is 0 Å². The average molecular weight is 303 g/mol. The van der Waals surface area contributed by atoms with Crippen molar-refractivity contribution in [3.05, 3.63) is 23.8 Å². The van der Waals surface area contributed by atoms with Gasteiger partial charge in [-0.2, -0.15) is 0 Å². The molecule has 5 heteroatoms. The SMILES string of the molecule is C#CCOc1ccc(C(=O)N[C@H]2CCCC[C@@H]2O)cc1OC. The molecule has 5 nitrogen and oxygen atoms in total. The van der Waals surface area contributed by atoms with E-state index in [0.29, 0.717) is 17.1 Å². The fourth-order valence-corrected chi connectivity index (χ4v) is 2.58. The number of carbonyl (C=O) groups is 1. The van der Waals surface area contributed by atoms with Gasteiger partial charge in [0.2, 0.25) is 0 Å². The van der Waals surface area contributed by atoms with E-state index in [1.54, 1.807) is 18.2 Å². The summed E-state index contributed by atoms with van der Waals surface area (Å²) >= 11 is 0. The van der Waals surface area contributed by atoms with Crippen molar-refractivity contribution in [2.24, 2.45) is 0 Å². The third-order valence-electron chi connectivity index (χ3n) is 3.78. The van der Waals surface area contributed by atoms with Gasteiger partial charge in [0.25, 0.3) is 5.91 Å². The smallest absolute Gasteiger partial charge is 0.251 e. The van der Waals surface area contributed by atoms with Crippen molar-refractivity contribution >= 4 is 5.91 Å². The number of aliphatic hydroxyl groups is 1. The normalized spacial score (nSPS) is 20.8. The molecule has 1 aromatic carbocycles. The van der Waals surface area contributed by atoms with Crippen LogP contribution in [0.3, 0.4) is 0 Å². The lowest BCUT2D eigenvalue weighted by atomic mass is 9.92. The number of ether oxygens (including phenoxy) is 2. The number of terminal acetylenes is 1. The first-order chi connectivity index (χ1) is 10.7. The zero-order chi connectivity index (χ0) is 15.9. The molecule has 1 aromatic rings.